The topological polar surface area (TPSA) is 80.3 Å². The number of thiophene rings is 1. The molecule has 0 aliphatic heterocycles. The van der Waals surface area contributed by atoms with Gasteiger partial charge in [-0.15, -0.1) is 22.7 Å². The molecule has 3 rings (SSSR count). The zero-order valence-corrected chi connectivity index (χ0v) is 14.9. The van der Waals surface area contributed by atoms with Crippen LogP contribution >= 0.6 is 22.7 Å². The van der Waals surface area contributed by atoms with Crippen molar-refractivity contribution in [1.82, 2.24) is 15.8 Å². The van der Waals surface area contributed by atoms with Gasteiger partial charge in [0, 0.05) is 5.38 Å². The number of aromatic nitrogens is 1. The summed E-state index contributed by atoms with van der Waals surface area (Å²) >= 11 is 2.62. The zero-order valence-electron chi connectivity index (χ0n) is 13.3. The quantitative estimate of drug-likeness (QED) is 0.673. The fourth-order valence-electron chi connectivity index (χ4n) is 1.91. The number of hydrogen-bond acceptors (Lipinski definition) is 6. The molecule has 0 spiro atoms. The minimum atomic E-state index is -0.470. The fourth-order valence-corrected chi connectivity index (χ4v) is 3.21. The Morgan fingerprint density at radius 1 is 1.08 bits per heavy atom. The lowest BCUT2D eigenvalue weighted by atomic mass is 10.2. The largest absolute Gasteiger partial charge is 0.486 e. The van der Waals surface area contributed by atoms with Gasteiger partial charge in [-0.25, -0.2) is 4.98 Å². The summed E-state index contributed by atoms with van der Waals surface area (Å²) in [4.78, 5) is 28.5. The van der Waals surface area contributed by atoms with Crippen molar-refractivity contribution < 1.29 is 14.3 Å². The summed E-state index contributed by atoms with van der Waals surface area (Å²) in [6, 6.07) is 11.1. The number of carbonyl (C=O) groups excluding carboxylic acids is 2. The number of nitrogens with one attached hydrogen (secondary N) is 2. The van der Waals surface area contributed by atoms with Gasteiger partial charge >= 0.3 is 0 Å². The van der Waals surface area contributed by atoms with Crippen LogP contribution in [0.25, 0.3) is 0 Å². The van der Waals surface area contributed by atoms with Gasteiger partial charge in [-0.1, -0.05) is 23.8 Å². The number of nitrogens with zero attached hydrogens (tertiary/aromatic N) is 1. The molecule has 6 nitrogen and oxygen atoms in total. The molecule has 25 heavy (non-hydrogen) atoms. The molecule has 0 radical (unpaired) electrons. The van der Waals surface area contributed by atoms with Crippen molar-refractivity contribution in [2.75, 3.05) is 0 Å². The average molecular weight is 373 g/mol. The van der Waals surface area contributed by atoms with Gasteiger partial charge in [0.05, 0.1) is 4.88 Å². The molecule has 128 valence electrons. The van der Waals surface area contributed by atoms with E-state index in [0.717, 1.165) is 11.3 Å². The first-order chi connectivity index (χ1) is 12.1. The van der Waals surface area contributed by atoms with E-state index in [2.05, 4.69) is 15.8 Å². The van der Waals surface area contributed by atoms with Crippen LogP contribution in [-0.4, -0.2) is 16.8 Å². The molecule has 0 aliphatic rings. The van der Waals surface area contributed by atoms with E-state index in [0.29, 0.717) is 9.88 Å². The highest BCUT2D eigenvalue weighted by molar-refractivity contribution is 7.12. The molecular formula is C17H15N3O3S2. The Labute approximate surface area is 152 Å². The summed E-state index contributed by atoms with van der Waals surface area (Å²) in [6.07, 6.45) is 0. The lowest BCUT2D eigenvalue weighted by Gasteiger charge is -2.04. The van der Waals surface area contributed by atoms with Gasteiger partial charge in [-0.05, 0) is 30.5 Å². The van der Waals surface area contributed by atoms with E-state index in [1.165, 1.54) is 22.7 Å². The van der Waals surface area contributed by atoms with Gasteiger partial charge in [0.1, 0.15) is 23.1 Å². The SMILES string of the molecule is Cc1ccc(OCc2nc(C(=O)NNC(=O)c3cccs3)cs2)cc1. The van der Waals surface area contributed by atoms with Crippen molar-refractivity contribution in [3.8, 4) is 5.75 Å². The molecule has 0 saturated heterocycles. The summed E-state index contributed by atoms with van der Waals surface area (Å²) in [5.41, 5.74) is 6.11. The van der Waals surface area contributed by atoms with Gasteiger partial charge in [-0.3, -0.25) is 20.4 Å². The van der Waals surface area contributed by atoms with Crippen LogP contribution in [0.3, 0.4) is 0 Å². The molecule has 0 unspecified atom stereocenters. The fraction of sp³-hybridized carbons (Fsp3) is 0.118. The first kappa shape index (κ1) is 17.1. The molecule has 8 heteroatoms. The van der Waals surface area contributed by atoms with E-state index >= 15 is 0 Å². The molecule has 2 heterocycles. The van der Waals surface area contributed by atoms with Crippen molar-refractivity contribution in [3.63, 3.8) is 0 Å². The highest BCUT2D eigenvalue weighted by Gasteiger charge is 2.13. The molecule has 3 aromatic rings. The van der Waals surface area contributed by atoms with Crippen molar-refractivity contribution >= 4 is 34.5 Å². The third-order valence-electron chi connectivity index (χ3n) is 3.20. The predicted octanol–water partition coefficient (Wildman–Crippen LogP) is 3.17. The Kier molecular flexibility index (Phi) is 5.42. The lowest BCUT2D eigenvalue weighted by Crippen LogP contribution is -2.41. The van der Waals surface area contributed by atoms with E-state index in [-0.39, 0.29) is 18.2 Å². The minimum absolute atomic E-state index is 0.235. The molecule has 1 aromatic carbocycles. The van der Waals surface area contributed by atoms with Gasteiger partial charge < -0.3 is 4.74 Å². The summed E-state index contributed by atoms with van der Waals surface area (Å²) in [5, 5.41) is 4.09. The predicted molar refractivity (Wildman–Crippen MR) is 96.9 cm³/mol. The van der Waals surface area contributed by atoms with Crippen LogP contribution < -0.4 is 15.6 Å². The number of aryl methyl sites for hydroxylation is 1. The van der Waals surface area contributed by atoms with Crippen LogP contribution in [-0.2, 0) is 6.61 Å². The molecule has 0 saturated carbocycles. The second-order valence-corrected chi connectivity index (χ2v) is 7.00. The Morgan fingerprint density at radius 3 is 2.56 bits per heavy atom. The number of amides is 2. The van der Waals surface area contributed by atoms with Crippen LogP contribution in [0.4, 0.5) is 0 Å². The standard InChI is InChI=1S/C17H15N3O3S2/c1-11-4-6-12(7-5-11)23-9-15-18-13(10-25-15)16(21)19-20-17(22)14-3-2-8-24-14/h2-8,10H,9H2,1H3,(H,19,21)(H,20,22). The molecule has 2 N–H and O–H groups in total. The third kappa shape index (κ3) is 4.65. The Balaban J connectivity index is 1.51. The number of hydrazine groups is 1. The van der Waals surface area contributed by atoms with Gasteiger partial charge in [0.2, 0.25) is 0 Å². The number of thiazole rings is 1. The van der Waals surface area contributed by atoms with Crippen LogP contribution in [0, 0.1) is 6.92 Å². The number of carbonyl (C=O) groups is 2. The van der Waals surface area contributed by atoms with E-state index in [4.69, 9.17) is 4.74 Å². The maximum absolute atomic E-state index is 12.0. The molecule has 2 amide bonds. The highest BCUT2D eigenvalue weighted by Crippen LogP contribution is 2.16. The first-order valence-corrected chi connectivity index (χ1v) is 9.16. The summed E-state index contributed by atoms with van der Waals surface area (Å²) in [7, 11) is 0. The van der Waals surface area contributed by atoms with Crippen molar-refractivity contribution in [3.05, 3.63) is 68.3 Å². The average Bonchev–Trinajstić information content (AvgIpc) is 3.30. The van der Waals surface area contributed by atoms with E-state index in [1.807, 2.05) is 31.2 Å². The summed E-state index contributed by atoms with van der Waals surface area (Å²) < 4.78 is 5.64. The number of rotatable bonds is 5. The van der Waals surface area contributed by atoms with Gasteiger partial charge in [0.25, 0.3) is 11.8 Å². The van der Waals surface area contributed by atoms with E-state index in [9.17, 15) is 9.59 Å². The smallest absolute Gasteiger partial charge is 0.289 e. The number of ether oxygens (including phenoxy) is 1. The van der Waals surface area contributed by atoms with Crippen molar-refractivity contribution in [2.45, 2.75) is 13.5 Å². The number of hydrogen-bond donors (Lipinski definition) is 2. The van der Waals surface area contributed by atoms with Gasteiger partial charge in [0.15, 0.2) is 0 Å². The summed E-state index contributed by atoms with van der Waals surface area (Å²) in [5.74, 6) is -0.0840. The normalized spacial score (nSPS) is 10.3. The Bertz CT molecular complexity index is 858. The minimum Gasteiger partial charge on any atom is -0.486 e. The van der Waals surface area contributed by atoms with Crippen molar-refractivity contribution in [1.29, 1.82) is 0 Å². The summed E-state index contributed by atoms with van der Waals surface area (Å²) in [6.45, 7) is 2.29. The molecule has 0 atom stereocenters. The van der Waals surface area contributed by atoms with Crippen LogP contribution in [0.5, 0.6) is 5.75 Å². The van der Waals surface area contributed by atoms with E-state index < -0.39 is 5.91 Å². The molecule has 2 aromatic heterocycles. The number of benzene rings is 1. The maximum atomic E-state index is 12.0. The van der Waals surface area contributed by atoms with E-state index in [1.54, 1.807) is 22.9 Å². The van der Waals surface area contributed by atoms with Crippen molar-refractivity contribution in [2.24, 2.45) is 0 Å². The second kappa shape index (κ2) is 7.91. The Morgan fingerprint density at radius 2 is 1.84 bits per heavy atom. The third-order valence-corrected chi connectivity index (χ3v) is 4.89. The Hall–Kier alpha value is -2.71. The maximum Gasteiger partial charge on any atom is 0.289 e. The first-order valence-electron chi connectivity index (χ1n) is 7.40. The second-order valence-electron chi connectivity index (χ2n) is 5.11. The molecule has 0 bridgehead atoms. The molecular weight excluding hydrogens is 358 g/mol. The van der Waals surface area contributed by atoms with Gasteiger partial charge in [-0.2, -0.15) is 0 Å². The van der Waals surface area contributed by atoms with Crippen LogP contribution in [0.2, 0.25) is 0 Å². The lowest BCUT2D eigenvalue weighted by molar-refractivity contribution is 0.0846. The highest BCUT2D eigenvalue weighted by atomic mass is 32.1. The van der Waals surface area contributed by atoms with Crippen LogP contribution in [0.15, 0.2) is 47.2 Å². The monoisotopic (exact) mass is 373 g/mol. The molecule has 0 fully saturated rings. The van der Waals surface area contributed by atoms with Crippen LogP contribution in [0.1, 0.15) is 30.7 Å². The zero-order chi connectivity index (χ0) is 17.6. The molecule has 0 aliphatic carbocycles.